The Morgan fingerprint density at radius 2 is 1.66 bits per heavy atom. The third kappa shape index (κ3) is 6.87. The second-order valence-electron chi connectivity index (χ2n) is 14.0. The Balaban J connectivity index is 1.47. The minimum Gasteiger partial charge on any atom is -0.483 e. The van der Waals surface area contributed by atoms with Crippen molar-refractivity contribution in [1.82, 2.24) is 0 Å². The minimum atomic E-state index is -1.10. The van der Waals surface area contributed by atoms with Gasteiger partial charge in [0, 0.05) is 22.9 Å². The fraction of sp³-hybridized carbons (Fsp3) is 0.500. The molecular weight excluding hydrogens is 600 g/mol. The molecule has 0 saturated heterocycles. The summed E-state index contributed by atoms with van der Waals surface area (Å²) < 4.78 is 30.1. The maximum absolute atomic E-state index is 14.1. The van der Waals surface area contributed by atoms with Gasteiger partial charge in [0.25, 0.3) is 0 Å². The molecule has 9 nitrogen and oxygen atoms in total. The highest BCUT2D eigenvalue weighted by molar-refractivity contribution is 5.90. The van der Waals surface area contributed by atoms with E-state index in [1.165, 1.54) is 5.56 Å². The van der Waals surface area contributed by atoms with Gasteiger partial charge in [-0.25, -0.2) is 9.59 Å². The zero-order chi connectivity index (χ0) is 33.3. The number of fused-ring (bicyclic) bond motifs is 11. The zero-order valence-corrected chi connectivity index (χ0v) is 27.7. The van der Waals surface area contributed by atoms with Crippen LogP contribution in [0.4, 0.5) is 0 Å². The average molecular weight is 645 g/mol. The standard InChI is InChI=1S/C38H44O9/c1-23(2)28-13-11-24-7-9-25(10-8-24)20-38(16-5-6-17-38)21-30(40)44-33-31-29(47-37(3,4)34(33)46-36(28)42)14-12-26-19-27(15-18-43-22-39)35(41)45-32(26)31/h7-10,12,14,19,33-34,39H,5-6,11,13,15-18,20-22H2,1-4H3/t33-,34-/m0/s1. The first-order valence-corrected chi connectivity index (χ1v) is 16.6. The van der Waals surface area contributed by atoms with Gasteiger partial charge in [0.15, 0.2) is 12.2 Å². The highest BCUT2D eigenvalue weighted by Gasteiger charge is 2.51. The summed E-state index contributed by atoms with van der Waals surface area (Å²) in [7, 11) is 0. The number of rotatable bonds is 4. The lowest BCUT2D eigenvalue weighted by Crippen LogP contribution is -2.52. The van der Waals surface area contributed by atoms with Crippen molar-refractivity contribution in [2.75, 3.05) is 13.4 Å². The maximum Gasteiger partial charge on any atom is 0.339 e. The monoisotopic (exact) mass is 644 g/mol. The van der Waals surface area contributed by atoms with Crippen LogP contribution >= 0.6 is 0 Å². The third-order valence-corrected chi connectivity index (χ3v) is 9.99. The molecule has 0 amide bonds. The Kier molecular flexibility index (Phi) is 9.31. The van der Waals surface area contributed by atoms with Crippen molar-refractivity contribution in [3.63, 3.8) is 0 Å². The van der Waals surface area contributed by atoms with Gasteiger partial charge in [-0.2, -0.15) is 0 Å². The number of esters is 2. The summed E-state index contributed by atoms with van der Waals surface area (Å²) in [5, 5.41) is 9.59. The van der Waals surface area contributed by atoms with Crippen LogP contribution in [0.5, 0.6) is 5.75 Å². The molecule has 7 rings (SSSR count). The topological polar surface area (TPSA) is 122 Å². The number of allylic oxidation sites excluding steroid dienone is 1. The number of aliphatic hydroxyl groups is 1. The first-order chi connectivity index (χ1) is 22.5. The quantitative estimate of drug-likeness (QED) is 0.112. The van der Waals surface area contributed by atoms with Crippen molar-refractivity contribution in [2.24, 2.45) is 5.41 Å². The van der Waals surface area contributed by atoms with E-state index in [4.69, 9.17) is 28.5 Å². The summed E-state index contributed by atoms with van der Waals surface area (Å²) in [6.07, 6.45) is 4.19. The van der Waals surface area contributed by atoms with Crippen LogP contribution in [0.15, 0.2) is 62.8 Å². The average Bonchev–Trinajstić information content (AvgIpc) is 3.46. The van der Waals surface area contributed by atoms with Gasteiger partial charge in [0.1, 0.15) is 23.7 Å². The summed E-state index contributed by atoms with van der Waals surface area (Å²) in [5.41, 5.74) is 2.74. The Morgan fingerprint density at radius 3 is 2.36 bits per heavy atom. The molecule has 2 aromatic carbocycles. The van der Waals surface area contributed by atoms with Crippen molar-refractivity contribution >= 4 is 22.9 Å². The first kappa shape index (κ1) is 33.0. The van der Waals surface area contributed by atoms with Crippen molar-refractivity contribution in [3.8, 4) is 5.75 Å². The highest BCUT2D eigenvalue weighted by atomic mass is 16.6. The van der Waals surface area contributed by atoms with Crippen molar-refractivity contribution in [3.05, 3.63) is 86.3 Å². The Hall–Kier alpha value is -3.95. The molecule has 4 aliphatic rings. The molecule has 2 bridgehead atoms. The number of aliphatic hydroxyl groups excluding tert-OH is 1. The molecule has 3 aliphatic heterocycles. The van der Waals surface area contributed by atoms with Gasteiger partial charge < -0.3 is 28.5 Å². The van der Waals surface area contributed by atoms with Crippen LogP contribution in [0.2, 0.25) is 0 Å². The SMILES string of the molecule is CC(C)=C1CCc2ccc(cc2)CC2(CCCC2)CC(=O)O[C@H]2c3c(ccc4cc(CCOCO)c(=O)oc34)OC(C)(C)[C@H]2OC1=O. The van der Waals surface area contributed by atoms with Gasteiger partial charge in [-0.15, -0.1) is 0 Å². The van der Waals surface area contributed by atoms with Gasteiger partial charge in [0.05, 0.1) is 18.6 Å². The van der Waals surface area contributed by atoms with Crippen LogP contribution < -0.4 is 10.4 Å². The molecule has 2 atom stereocenters. The molecular formula is C38H44O9. The van der Waals surface area contributed by atoms with Crippen molar-refractivity contribution in [1.29, 1.82) is 0 Å². The summed E-state index contributed by atoms with van der Waals surface area (Å²) in [5.74, 6) is -0.510. The maximum atomic E-state index is 14.1. The largest absolute Gasteiger partial charge is 0.483 e. The van der Waals surface area contributed by atoms with E-state index in [1.54, 1.807) is 32.0 Å². The molecule has 1 saturated carbocycles. The molecule has 1 fully saturated rings. The summed E-state index contributed by atoms with van der Waals surface area (Å²) in [6.45, 7) is 7.08. The van der Waals surface area contributed by atoms with E-state index < -0.39 is 42.2 Å². The number of carbonyl (C=O) groups excluding carboxylic acids is 2. The molecule has 9 heteroatoms. The van der Waals surface area contributed by atoms with Crippen LogP contribution in [0.3, 0.4) is 0 Å². The number of aryl methyl sites for hydroxylation is 1. The zero-order valence-electron chi connectivity index (χ0n) is 27.7. The van der Waals surface area contributed by atoms with Crippen molar-refractivity contribution < 1.29 is 38.1 Å². The smallest absolute Gasteiger partial charge is 0.339 e. The van der Waals surface area contributed by atoms with Gasteiger partial charge in [-0.3, -0.25) is 4.79 Å². The van der Waals surface area contributed by atoms with E-state index in [9.17, 15) is 14.4 Å². The van der Waals surface area contributed by atoms with E-state index >= 15 is 0 Å². The Labute approximate surface area is 274 Å². The summed E-state index contributed by atoms with van der Waals surface area (Å²) >= 11 is 0. The second-order valence-corrected chi connectivity index (χ2v) is 14.0. The van der Waals surface area contributed by atoms with E-state index in [1.807, 2.05) is 13.8 Å². The van der Waals surface area contributed by atoms with Crippen LogP contribution in [0.25, 0.3) is 11.0 Å². The van der Waals surface area contributed by atoms with Gasteiger partial charge >= 0.3 is 17.6 Å². The lowest BCUT2D eigenvalue weighted by atomic mass is 9.77. The number of benzene rings is 2. The highest BCUT2D eigenvalue weighted by Crippen LogP contribution is 2.49. The molecule has 1 aromatic heterocycles. The van der Waals surface area contributed by atoms with Crippen LogP contribution in [-0.2, 0) is 43.1 Å². The van der Waals surface area contributed by atoms with Gasteiger partial charge in [-0.05, 0) is 94.5 Å². The normalized spacial score (nSPS) is 22.4. The van der Waals surface area contributed by atoms with Crippen molar-refractivity contribution in [2.45, 2.75) is 103 Å². The molecule has 4 heterocycles. The molecule has 3 aromatic rings. The molecule has 1 spiro atoms. The lowest BCUT2D eigenvalue weighted by Gasteiger charge is -2.43. The van der Waals surface area contributed by atoms with Gasteiger partial charge in [0.2, 0.25) is 0 Å². The molecule has 250 valence electrons. The molecule has 0 unspecified atom stereocenters. The fourth-order valence-electron chi connectivity index (χ4n) is 7.49. The summed E-state index contributed by atoms with van der Waals surface area (Å²) in [6, 6.07) is 13.8. The Bertz CT molecular complexity index is 1740. The molecule has 47 heavy (non-hydrogen) atoms. The minimum absolute atomic E-state index is 0.145. The van der Waals surface area contributed by atoms with E-state index in [2.05, 4.69) is 24.3 Å². The van der Waals surface area contributed by atoms with E-state index in [0.717, 1.165) is 43.2 Å². The Morgan fingerprint density at radius 1 is 0.936 bits per heavy atom. The van der Waals surface area contributed by atoms with E-state index in [0.29, 0.717) is 40.7 Å². The van der Waals surface area contributed by atoms with Crippen LogP contribution in [-0.4, -0.2) is 42.1 Å². The third-order valence-electron chi connectivity index (χ3n) is 9.99. The second kappa shape index (κ2) is 13.3. The molecule has 0 radical (unpaired) electrons. The predicted octanol–water partition coefficient (Wildman–Crippen LogP) is 6.44. The number of hydrogen-bond donors (Lipinski definition) is 1. The fourth-order valence-corrected chi connectivity index (χ4v) is 7.49. The lowest BCUT2D eigenvalue weighted by molar-refractivity contribution is -0.189. The predicted molar refractivity (Wildman–Crippen MR) is 175 cm³/mol. The number of carbonyl (C=O) groups is 2. The summed E-state index contributed by atoms with van der Waals surface area (Å²) in [4.78, 5) is 41.2. The van der Waals surface area contributed by atoms with Crippen LogP contribution in [0.1, 0.15) is 94.6 Å². The number of ether oxygens (including phenoxy) is 4. The molecule has 1 N–H and O–H groups in total. The molecule has 1 aliphatic carbocycles. The number of hydrogen-bond acceptors (Lipinski definition) is 9. The van der Waals surface area contributed by atoms with Gasteiger partial charge in [-0.1, -0.05) is 42.7 Å². The first-order valence-electron chi connectivity index (χ1n) is 16.6. The van der Waals surface area contributed by atoms with E-state index in [-0.39, 0.29) is 30.4 Å². The van der Waals surface area contributed by atoms with Crippen LogP contribution in [0, 0.1) is 5.41 Å².